The van der Waals surface area contributed by atoms with Crippen LogP contribution in [-0.4, -0.2) is 0 Å². The Balaban J connectivity index is 1.40. The van der Waals surface area contributed by atoms with E-state index in [-0.39, 0.29) is 10.8 Å². The van der Waals surface area contributed by atoms with E-state index in [2.05, 4.69) is 148 Å². The van der Waals surface area contributed by atoms with Crippen LogP contribution < -0.4 is 4.90 Å². The predicted octanol–water partition coefficient (Wildman–Crippen LogP) is 10.9. The number of fused-ring (bicyclic) bond motifs is 3. The highest BCUT2D eigenvalue weighted by molar-refractivity contribution is 6.22. The number of anilines is 3. The summed E-state index contributed by atoms with van der Waals surface area (Å²) in [5.41, 5.74) is 17.6. The fourth-order valence-corrected chi connectivity index (χ4v) is 8.13. The van der Waals surface area contributed by atoms with Crippen molar-refractivity contribution in [3.63, 3.8) is 0 Å². The van der Waals surface area contributed by atoms with Crippen LogP contribution in [0.25, 0.3) is 44.2 Å². The van der Waals surface area contributed by atoms with E-state index in [1.54, 1.807) is 0 Å². The van der Waals surface area contributed by atoms with Gasteiger partial charge in [-0.2, -0.15) is 0 Å². The first-order valence-corrected chi connectivity index (χ1v) is 14.7. The number of nitrogens with zero attached hydrogens (tertiary/aromatic N) is 1. The van der Waals surface area contributed by atoms with Gasteiger partial charge in [0, 0.05) is 27.9 Å². The van der Waals surface area contributed by atoms with Gasteiger partial charge in [0.15, 0.2) is 0 Å². The molecule has 6 aromatic carbocycles. The topological polar surface area (TPSA) is 3.24 Å². The Kier molecular flexibility index (Phi) is 4.26. The summed E-state index contributed by atoms with van der Waals surface area (Å²) in [6, 6.07) is 42.9. The van der Waals surface area contributed by atoms with Crippen LogP contribution in [0.1, 0.15) is 49.9 Å². The van der Waals surface area contributed by atoms with E-state index in [9.17, 15) is 0 Å². The number of hydrogen-bond donors (Lipinski definition) is 0. The van der Waals surface area contributed by atoms with Crippen LogP contribution in [0.4, 0.5) is 17.1 Å². The van der Waals surface area contributed by atoms with E-state index < -0.39 is 0 Å². The minimum Gasteiger partial charge on any atom is -0.310 e. The third-order valence-corrected chi connectivity index (χ3v) is 10.1. The van der Waals surface area contributed by atoms with E-state index in [1.165, 1.54) is 83.5 Å². The maximum atomic E-state index is 2.53. The summed E-state index contributed by atoms with van der Waals surface area (Å²) in [6.07, 6.45) is 0. The van der Waals surface area contributed by atoms with E-state index in [1.807, 2.05) is 0 Å². The molecule has 0 heterocycles. The van der Waals surface area contributed by atoms with Gasteiger partial charge in [0.2, 0.25) is 0 Å². The fourth-order valence-electron chi connectivity index (χ4n) is 8.13. The molecule has 1 heteroatoms. The van der Waals surface area contributed by atoms with Gasteiger partial charge in [-0.25, -0.2) is 0 Å². The molecule has 0 aromatic heterocycles. The largest absolute Gasteiger partial charge is 0.310 e. The van der Waals surface area contributed by atoms with Gasteiger partial charge < -0.3 is 4.90 Å². The van der Waals surface area contributed by atoms with E-state index in [4.69, 9.17) is 0 Å². The summed E-state index contributed by atoms with van der Waals surface area (Å²) in [7, 11) is 0. The zero-order valence-corrected chi connectivity index (χ0v) is 23.9. The van der Waals surface area contributed by atoms with Gasteiger partial charge in [0.1, 0.15) is 0 Å². The van der Waals surface area contributed by atoms with Gasteiger partial charge >= 0.3 is 0 Å². The molecule has 0 aliphatic heterocycles. The molecule has 0 unspecified atom stereocenters. The van der Waals surface area contributed by atoms with Gasteiger partial charge in [-0.1, -0.05) is 100 Å². The van der Waals surface area contributed by atoms with Crippen molar-refractivity contribution in [1.82, 2.24) is 0 Å². The Morgan fingerprint density at radius 3 is 1.51 bits per heavy atom. The first-order chi connectivity index (χ1) is 19.9. The van der Waals surface area contributed by atoms with Crippen LogP contribution in [0.3, 0.4) is 0 Å². The van der Waals surface area contributed by atoms with Gasteiger partial charge in [-0.15, -0.1) is 0 Å². The highest BCUT2D eigenvalue weighted by Crippen LogP contribution is 2.64. The summed E-state index contributed by atoms with van der Waals surface area (Å²) < 4.78 is 0. The molecule has 3 aliphatic rings. The van der Waals surface area contributed by atoms with Crippen LogP contribution in [0.2, 0.25) is 0 Å². The van der Waals surface area contributed by atoms with Gasteiger partial charge in [-0.3, -0.25) is 0 Å². The lowest BCUT2D eigenvalue weighted by Gasteiger charge is -2.37. The van der Waals surface area contributed by atoms with Crippen LogP contribution in [0, 0.1) is 0 Å². The van der Waals surface area contributed by atoms with Crippen molar-refractivity contribution in [2.45, 2.75) is 38.5 Å². The van der Waals surface area contributed by atoms with E-state index in [0.717, 1.165) is 0 Å². The number of hydrogen-bond acceptors (Lipinski definition) is 1. The Labute approximate surface area is 241 Å². The Morgan fingerprint density at radius 1 is 0.390 bits per heavy atom. The van der Waals surface area contributed by atoms with Crippen molar-refractivity contribution in [1.29, 1.82) is 0 Å². The van der Waals surface area contributed by atoms with Crippen LogP contribution in [0.15, 0.2) is 115 Å². The average Bonchev–Trinajstić information content (AvgIpc) is 3.44. The van der Waals surface area contributed by atoms with Crippen molar-refractivity contribution < 1.29 is 0 Å². The van der Waals surface area contributed by atoms with Gasteiger partial charge in [0.05, 0.1) is 0 Å². The molecule has 3 aliphatic carbocycles. The predicted molar refractivity (Wildman–Crippen MR) is 173 cm³/mol. The molecule has 0 saturated heterocycles. The van der Waals surface area contributed by atoms with E-state index in [0.29, 0.717) is 0 Å². The normalized spacial score (nSPS) is 15.7. The number of benzene rings is 6. The standard InChI is InChI=1S/C40H31N/c1-39(2)31-20-19-29-27-17-11-12-18-28(27)30-23-34-38(37(31)35(29)30)36-32(39)21-26(22-33(36)40(34,3)4)41(24-13-7-5-8-14-24)25-15-9-6-10-16-25/h5-23H,1-4H3. The quantitative estimate of drug-likeness (QED) is 0.222. The molecule has 0 spiro atoms. The van der Waals surface area contributed by atoms with Crippen molar-refractivity contribution in [3.8, 4) is 33.4 Å². The third-order valence-electron chi connectivity index (χ3n) is 10.1. The second-order valence-corrected chi connectivity index (χ2v) is 13.0. The maximum absolute atomic E-state index is 2.53. The summed E-state index contributed by atoms with van der Waals surface area (Å²) in [4.78, 5) is 2.42. The Bertz CT molecular complexity index is 2040. The lowest BCUT2D eigenvalue weighted by Crippen LogP contribution is -2.25. The van der Waals surface area contributed by atoms with Crippen molar-refractivity contribution in [2.75, 3.05) is 4.90 Å². The molecule has 1 nitrogen and oxygen atoms in total. The van der Waals surface area contributed by atoms with Crippen LogP contribution in [-0.2, 0) is 10.8 Å². The molecule has 196 valence electrons. The van der Waals surface area contributed by atoms with Gasteiger partial charge in [0.25, 0.3) is 0 Å². The molecule has 0 saturated carbocycles. The molecule has 0 amide bonds. The SMILES string of the molecule is CC1(C)c2cc(N(c3ccccc3)c3ccccc3)cc3c2-c2c1cc1c4c(ccc(c24)C3(C)C)-c2ccccc2-1. The molecule has 0 N–H and O–H groups in total. The minimum atomic E-state index is -0.143. The second-order valence-electron chi connectivity index (χ2n) is 13.0. The van der Waals surface area contributed by atoms with Crippen molar-refractivity contribution >= 4 is 27.8 Å². The molecule has 0 fully saturated rings. The molecular weight excluding hydrogens is 494 g/mol. The molecule has 0 radical (unpaired) electrons. The molecule has 0 bridgehead atoms. The summed E-state index contributed by atoms with van der Waals surface area (Å²) in [6.45, 7) is 9.73. The highest BCUT2D eigenvalue weighted by Gasteiger charge is 2.47. The second kappa shape index (κ2) is 7.56. The summed E-state index contributed by atoms with van der Waals surface area (Å²) in [5.74, 6) is 0. The monoisotopic (exact) mass is 525 g/mol. The number of para-hydroxylation sites is 2. The summed E-state index contributed by atoms with van der Waals surface area (Å²) in [5, 5.41) is 2.93. The molecule has 0 atom stereocenters. The Morgan fingerprint density at radius 2 is 0.902 bits per heavy atom. The smallest absolute Gasteiger partial charge is 0.0468 e. The maximum Gasteiger partial charge on any atom is 0.0468 e. The van der Waals surface area contributed by atoms with Crippen LogP contribution >= 0.6 is 0 Å². The number of rotatable bonds is 3. The zero-order valence-electron chi connectivity index (χ0n) is 23.9. The fraction of sp³-hybridized carbons (Fsp3) is 0.150. The minimum absolute atomic E-state index is 0.121. The zero-order chi connectivity index (χ0) is 27.7. The molecule has 41 heavy (non-hydrogen) atoms. The lowest BCUT2D eigenvalue weighted by molar-refractivity contribution is 0.639. The Hall–Kier alpha value is -4.62. The van der Waals surface area contributed by atoms with E-state index >= 15 is 0 Å². The first kappa shape index (κ1) is 23.1. The van der Waals surface area contributed by atoms with Crippen molar-refractivity contribution in [2.24, 2.45) is 0 Å². The average molecular weight is 526 g/mol. The molecule has 9 rings (SSSR count). The van der Waals surface area contributed by atoms with Gasteiger partial charge in [-0.05, 0) is 109 Å². The van der Waals surface area contributed by atoms with Crippen molar-refractivity contribution in [3.05, 3.63) is 138 Å². The first-order valence-electron chi connectivity index (χ1n) is 14.7. The van der Waals surface area contributed by atoms with Crippen LogP contribution in [0.5, 0.6) is 0 Å². The third kappa shape index (κ3) is 2.77. The summed E-state index contributed by atoms with van der Waals surface area (Å²) >= 11 is 0. The molecular formula is C40H31N. The lowest BCUT2D eigenvalue weighted by atomic mass is 9.68. The highest BCUT2D eigenvalue weighted by atomic mass is 15.1. The molecule has 6 aromatic rings.